The summed E-state index contributed by atoms with van der Waals surface area (Å²) in [4.78, 5) is 0. The minimum atomic E-state index is 0.0847. The topological polar surface area (TPSA) is 113 Å². The molecule has 5 heteroatoms. The van der Waals surface area contributed by atoms with E-state index in [1.807, 2.05) is 50.2 Å². The number of hydrogen-bond donors (Lipinski definition) is 4. The maximum Gasteiger partial charge on any atom is 0.132 e. The largest absolute Gasteiger partial charge is 0.457 e. The van der Waals surface area contributed by atoms with E-state index in [1.165, 1.54) is 0 Å². The second-order valence-electron chi connectivity index (χ2n) is 7.85. The van der Waals surface area contributed by atoms with Gasteiger partial charge in [-0.1, -0.05) is 26.0 Å². The minimum absolute atomic E-state index is 0.0847. The van der Waals surface area contributed by atoms with Gasteiger partial charge in [-0.3, -0.25) is 0 Å². The summed E-state index contributed by atoms with van der Waals surface area (Å²) < 4.78 is 6.37. The molecule has 2 aromatic carbocycles. The van der Waals surface area contributed by atoms with Crippen LogP contribution >= 0.6 is 0 Å². The summed E-state index contributed by atoms with van der Waals surface area (Å²) in [5.74, 6) is 1.88. The average Bonchev–Trinajstić information content (AvgIpc) is 2.53. The molecule has 0 bridgehead atoms. The van der Waals surface area contributed by atoms with Crippen LogP contribution in [0.15, 0.2) is 36.4 Å². The van der Waals surface area contributed by atoms with Gasteiger partial charge in [0.2, 0.25) is 0 Å². The molecule has 148 valence electrons. The Morgan fingerprint density at radius 3 is 1.41 bits per heavy atom. The normalized spacial score (nSPS) is 15.8. The molecule has 0 saturated carbocycles. The molecule has 0 saturated heterocycles. The first kappa shape index (κ1) is 21.1. The molecule has 27 heavy (non-hydrogen) atoms. The van der Waals surface area contributed by atoms with Crippen molar-refractivity contribution < 1.29 is 4.74 Å². The van der Waals surface area contributed by atoms with Crippen molar-refractivity contribution in [1.82, 2.24) is 0 Å². The molecule has 5 nitrogen and oxygen atoms in total. The summed E-state index contributed by atoms with van der Waals surface area (Å²) in [6.45, 7) is 8.26. The van der Waals surface area contributed by atoms with Gasteiger partial charge in [0.05, 0.1) is 0 Å². The first-order valence-electron chi connectivity index (χ1n) is 9.66. The van der Waals surface area contributed by atoms with Crippen molar-refractivity contribution in [2.45, 2.75) is 64.5 Å². The summed E-state index contributed by atoms with van der Waals surface area (Å²) in [7, 11) is 0. The Hall–Kier alpha value is -2.24. The van der Waals surface area contributed by atoms with Crippen molar-refractivity contribution >= 4 is 11.4 Å². The molecule has 0 amide bonds. The van der Waals surface area contributed by atoms with Crippen molar-refractivity contribution in [3.05, 3.63) is 47.5 Å². The van der Waals surface area contributed by atoms with Gasteiger partial charge in [-0.05, 0) is 62.8 Å². The van der Waals surface area contributed by atoms with E-state index >= 15 is 0 Å². The number of rotatable bonds is 8. The highest BCUT2D eigenvalue weighted by Gasteiger charge is 2.21. The van der Waals surface area contributed by atoms with Crippen molar-refractivity contribution in [3.63, 3.8) is 0 Å². The van der Waals surface area contributed by atoms with E-state index in [2.05, 4.69) is 13.8 Å². The molecular weight excluding hydrogens is 336 g/mol. The molecule has 0 spiro atoms. The van der Waals surface area contributed by atoms with Gasteiger partial charge in [-0.15, -0.1) is 0 Å². The van der Waals surface area contributed by atoms with Crippen LogP contribution in [0.1, 0.15) is 63.5 Å². The third kappa shape index (κ3) is 5.37. The standard InChI is InChI=1S/C22H34N4O/c1-13(11-15(3)23)21-17(25)7-5-9-19(21)27-20-10-6-8-18(26)22(20)14(2)12-16(4)24/h5-10,13-16H,11-12,23-26H2,1-4H3. The predicted octanol–water partition coefficient (Wildman–Crippen LogP) is 4.32. The zero-order chi connectivity index (χ0) is 20.1. The fourth-order valence-electron chi connectivity index (χ4n) is 3.82. The molecule has 4 unspecified atom stereocenters. The van der Waals surface area contributed by atoms with Gasteiger partial charge in [0.25, 0.3) is 0 Å². The zero-order valence-corrected chi connectivity index (χ0v) is 16.9. The molecule has 0 aliphatic carbocycles. The lowest BCUT2D eigenvalue weighted by Crippen LogP contribution is -2.19. The third-order valence-electron chi connectivity index (χ3n) is 4.86. The highest BCUT2D eigenvalue weighted by Crippen LogP contribution is 2.41. The van der Waals surface area contributed by atoms with Crippen LogP contribution in [0.25, 0.3) is 0 Å². The lowest BCUT2D eigenvalue weighted by atomic mass is 9.91. The van der Waals surface area contributed by atoms with E-state index in [9.17, 15) is 0 Å². The van der Waals surface area contributed by atoms with E-state index < -0.39 is 0 Å². The third-order valence-corrected chi connectivity index (χ3v) is 4.86. The van der Waals surface area contributed by atoms with Crippen LogP contribution in [-0.2, 0) is 0 Å². The molecule has 4 atom stereocenters. The number of hydrogen-bond acceptors (Lipinski definition) is 5. The van der Waals surface area contributed by atoms with Gasteiger partial charge in [0, 0.05) is 34.6 Å². The van der Waals surface area contributed by atoms with Gasteiger partial charge >= 0.3 is 0 Å². The quantitative estimate of drug-likeness (QED) is 0.517. The number of anilines is 2. The summed E-state index contributed by atoms with van der Waals surface area (Å²) in [6, 6.07) is 11.7. The first-order chi connectivity index (χ1) is 12.7. The molecule has 8 N–H and O–H groups in total. The molecule has 0 aliphatic heterocycles. The molecule has 2 rings (SSSR count). The fourth-order valence-corrected chi connectivity index (χ4v) is 3.82. The Bertz CT molecular complexity index is 694. The van der Waals surface area contributed by atoms with Crippen LogP contribution in [0.4, 0.5) is 11.4 Å². The van der Waals surface area contributed by atoms with Gasteiger partial charge < -0.3 is 27.7 Å². The second-order valence-corrected chi connectivity index (χ2v) is 7.85. The molecular formula is C22H34N4O. The first-order valence-corrected chi connectivity index (χ1v) is 9.66. The number of benzene rings is 2. The van der Waals surface area contributed by atoms with E-state index in [4.69, 9.17) is 27.7 Å². The SMILES string of the molecule is CC(N)CC(C)c1c(N)cccc1Oc1cccc(N)c1C(C)CC(C)N. The molecule has 0 fully saturated rings. The Balaban J connectivity index is 2.43. The van der Waals surface area contributed by atoms with Gasteiger partial charge in [0.1, 0.15) is 11.5 Å². The highest BCUT2D eigenvalue weighted by molar-refractivity contribution is 5.60. The molecule has 0 radical (unpaired) electrons. The number of nitrogen functional groups attached to an aromatic ring is 2. The minimum Gasteiger partial charge on any atom is -0.457 e. The van der Waals surface area contributed by atoms with Crippen molar-refractivity contribution in [2.24, 2.45) is 11.5 Å². The Kier molecular flexibility index (Phi) is 7.11. The fraction of sp³-hybridized carbons (Fsp3) is 0.455. The Labute approximate surface area is 163 Å². The van der Waals surface area contributed by atoms with Crippen molar-refractivity contribution in [2.75, 3.05) is 11.5 Å². The zero-order valence-electron chi connectivity index (χ0n) is 16.9. The average molecular weight is 371 g/mol. The van der Waals surface area contributed by atoms with E-state index in [0.717, 1.165) is 46.8 Å². The number of ether oxygens (including phenoxy) is 1. The van der Waals surface area contributed by atoms with Crippen LogP contribution in [-0.4, -0.2) is 12.1 Å². The molecule has 0 heterocycles. The Morgan fingerprint density at radius 2 is 1.07 bits per heavy atom. The van der Waals surface area contributed by atoms with Gasteiger partial charge in [-0.2, -0.15) is 0 Å². The Morgan fingerprint density at radius 1 is 0.704 bits per heavy atom. The maximum atomic E-state index is 6.37. The van der Waals surface area contributed by atoms with Crippen LogP contribution < -0.4 is 27.7 Å². The van der Waals surface area contributed by atoms with Gasteiger partial charge in [-0.25, -0.2) is 0 Å². The molecule has 0 aliphatic rings. The van der Waals surface area contributed by atoms with Gasteiger partial charge in [0.15, 0.2) is 0 Å². The predicted molar refractivity (Wildman–Crippen MR) is 115 cm³/mol. The van der Waals surface area contributed by atoms with Crippen LogP contribution in [0.5, 0.6) is 11.5 Å². The lowest BCUT2D eigenvalue weighted by Gasteiger charge is -2.23. The van der Waals surface area contributed by atoms with Crippen LogP contribution in [0.3, 0.4) is 0 Å². The lowest BCUT2D eigenvalue weighted by molar-refractivity contribution is 0.452. The summed E-state index contributed by atoms with van der Waals surface area (Å²) in [5, 5.41) is 0. The highest BCUT2D eigenvalue weighted by atomic mass is 16.5. The molecule has 2 aromatic rings. The van der Waals surface area contributed by atoms with Crippen molar-refractivity contribution in [3.8, 4) is 11.5 Å². The summed E-state index contributed by atoms with van der Waals surface area (Å²) in [5.41, 5.74) is 28.0. The van der Waals surface area contributed by atoms with Crippen LogP contribution in [0.2, 0.25) is 0 Å². The maximum absolute atomic E-state index is 6.37. The summed E-state index contributed by atoms with van der Waals surface area (Å²) >= 11 is 0. The monoisotopic (exact) mass is 370 g/mol. The van der Waals surface area contributed by atoms with E-state index in [0.29, 0.717) is 0 Å². The van der Waals surface area contributed by atoms with Crippen LogP contribution in [0, 0.1) is 0 Å². The van der Waals surface area contributed by atoms with E-state index in [1.54, 1.807) is 0 Å². The van der Waals surface area contributed by atoms with E-state index in [-0.39, 0.29) is 23.9 Å². The second kappa shape index (κ2) is 9.11. The summed E-state index contributed by atoms with van der Waals surface area (Å²) in [6.07, 6.45) is 1.66. The smallest absolute Gasteiger partial charge is 0.132 e. The number of nitrogens with two attached hydrogens (primary N) is 4. The molecule has 0 aromatic heterocycles. The van der Waals surface area contributed by atoms with Crippen molar-refractivity contribution in [1.29, 1.82) is 0 Å².